The molecule has 0 fully saturated rings. The van der Waals surface area contributed by atoms with Crippen LogP contribution in [0.25, 0.3) is 0 Å². The molecule has 1 aromatic carbocycles. The van der Waals surface area contributed by atoms with Crippen molar-refractivity contribution in [2.75, 3.05) is 0 Å². The number of hydrogen-bond donors (Lipinski definition) is 2. The molecular weight excluding hydrogens is 242 g/mol. The highest BCUT2D eigenvalue weighted by atomic mass is 16.4. The molecule has 1 unspecified atom stereocenters. The smallest absolute Gasteiger partial charge is 0.326 e. The van der Waals surface area contributed by atoms with Crippen LogP contribution in [0.4, 0.5) is 0 Å². The van der Waals surface area contributed by atoms with Gasteiger partial charge in [-0.15, -0.1) is 0 Å². The van der Waals surface area contributed by atoms with Gasteiger partial charge in [0, 0.05) is 5.56 Å². The molecule has 1 aromatic rings. The highest BCUT2D eigenvalue weighted by molar-refractivity contribution is 5.96. The molecule has 0 saturated carbocycles. The summed E-state index contributed by atoms with van der Waals surface area (Å²) in [4.78, 5) is 23.2. The summed E-state index contributed by atoms with van der Waals surface area (Å²) in [5.74, 6) is -1.43. The van der Waals surface area contributed by atoms with Crippen molar-refractivity contribution < 1.29 is 14.7 Å². The number of benzene rings is 1. The number of amides is 1. The van der Waals surface area contributed by atoms with Gasteiger partial charge in [-0.05, 0) is 30.0 Å². The van der Waals surface area contributed by atoms with E-state index in [1.807, 2.05) is 32.9 Å². The van der Waals surface area contributed by atoms with E-state index < -0.39 is 12.0 Å². The first-order valence-electron chi connectivity index (χ1n) is 6.62. The fourth-order valence-corrected chi connectivity index (χ4v) is 1.80. The van der Waals surface area contributed by atoms with E-state index in [2.05, 4.69) is 5.32 Å². The van der Waals surface area contributed by atoms with Gasteiger partial charge in [0.1, 0.15) is 6.04 Å². The molecule has 2 N–H and O–H groups in total. The molecular formula is C15H21NO3. The van der Waals surface area contributed by atoms with Gasteiger partial charge in [-0.25, -0.2) is 4.79 Å². The minimum Gasteiger partial charge on any atom is -0.480 e. The molecule has 0 radical (unpaired) electrons. The third kappa shape index (κ3) is 4.09. The number of hydrogen-bond acceptors (Lipinski definition) is 2. The lowest BCUT2D eigenvalue weighted by Crippen LogP contribution is -2.45. The summed E-state index contributed by atoms with van der Waals surface area (Å²) in [7, 11) is 0. The Bertz CT molecular complexity index is 439. The third-order valence-electron chi connectivity index (χ3n) is 3.39. The molecule has 0 aliphatic heterocycles. The molecule has 19 heavy (non-hydrogen) atoms. The maximum atomic E-state index is 12.0. The van der Waals surface area contributed by atoms with Crippen LogP contribution in [0.1, 0.15) is 43.1 Å². The Morgan fingerprint density at radius 2 is 1.79 bits per heavy atom. The first-order valence-corrected chi connectivity index (χ1v) is 6.62. The molecule has 1 amide bonds. The number of aryl methyl sites for hydroxylation is 1. The number of carbonyl (C=O) groups is 2. The Hall–Kier alpha value is -1.84. The number of rotatable bonds is 6. The Morgan fingerprint density at radius 3 is 2.21 bits per heavy atom. The van der Waals surface area contributed by atoms with Crippen molar-refractivity contribution in [3.63, 3.8) is 0 Å². The topological polar surface area (TPSA) is 66.4 Å². The lowest BCUT2D eigenvalue weighted by atomic mass is 9.99. The largest absolute Gasteiger partial charge is 0.480 e. The van der Waals surface area contributed by atoms with Gasteiger partial charge < -0.3 is 10.4 Å². The third-order valence-corrected chi connectivity index (χ3v) is 3.39. The zero-order chi connectivity index (χ0) is 14.4. The zero-order valence-corrected chi connectivity index (χ0v) is 11.6. The quantitative estimate of drug-likeness (QED) is 0.828. The van der Waals surface area contributed by atoms with Crippen LogP contribution in [0.5, 0.6) is 0 Å². The number of nitrogens with one attached hydrogen (secondary N) is 1. The minimum atomic E-state index is -0.993. The van der Waals surface area contributed by atoms with Crippen LogP contribution in [-0.4, -0.2) is 23.0 Å². The molecule has 0 aromatic heterocycles. The molecule has 104 valence electrons. The van der Waals surface area contributed by atoms with Gasteiger partial charge in [-0.3, -0.25) is 4.79 Å². The van der Waals surface area contributed by atoms with Gasteiger partial charge in [0.15, 0.2) is 0 Å². The van der Waals surface area contributed by atoms with Crippen molar-refractivity contribution in [1.29, 1.82) is 0 Å². The van der Waals surface area contributed by atoms with Crippen LogP contribution in [-0.2, 0) is 11.2 Å². The van der Waals surface area contributed by atoms with E-state index in [1.165, 1.54) is 0 Å². The lowest BCUT2D eigenvalue weighted by Gasteiger charge is -2.20. The molecule has 0 aliphatic rings. The van der Waals surface area contributed by atoms with Gasteiger partial charge in [-0.1, -0.05) is 39.3 Å². The molecule has 1 rings (SSSR count). The molecule has 0 saturated heterocycles. The number of carbonyl (C=O) groups excluding carboxylic acids is 1. The van der Waals surface area contributed by atoms with Gasteiger partial charge in [-0.2, -0.15) is 0 Å². The Labute approximate surface area is 113 Å². The van der Waals surface area contributed by atoms with E-state index >= 15 is 0 Å². The normalized spacial score (nSPS) is 13.6. The second-order valence-electron chi connectivity index (χ2n) is 4.73. The number of carboxylic acid groups (broad SMARTS) is 1. The van der Waals surface area contributed by atoms with Crippen molar-refractivity contribution >= 4 is 11.9 Å². The molecule has 0 spiro atoms. The van der Waals surface area contributed by atoms with Crippen molar-refractivity contribution in [3.05, 3.63) is 35.4 Å². The van der Waals surface area contributed by atoms with Crippen LogP contribution in [0, 0.1) is 5.92 Å². The van der Waals surface area contributed by atoms with Crippen LogP contribution >= 0.6 is 0 Å². The monoisotopic (exact) mass is 263 g/mol. The van der Waals surface area contributed by atoms with Crippen LogP contribution in [0.3, 0.4) is 0 Å². The highest BCUT2D eigenvalue weighted by Gasteiger charge is 2.25. The summed E-state index contributed by atoms with van der Waals surface area (Å²) in [6.45, 7) is 5.76. The predicted octanol–water partition coefficient (Wildman–Crippen LogP) is 2.48. The summed E-state index contributed by atoms with van der Waals surface area (Å²) < 4.78 is 0. The molecule has 4 nitrogen and oxygen atoms in total. The predicted molar refractivity (Wildman–Crippen MR) is 74.2 cm³/mol. The summed E-state index contributed by atoms with van der Waals surface area (Å²) in [6, 6.07) is 6.37. The summed E-state index contributed by atoms with van der Waals surface area (Å²) in [6.07, 6.45) is 1.61. The fourth-order valence-electron chi connectivity index (χ4n) is 1.80. The van der Waals surface area contributed by atoms with E-state index in [9.17, 15) is 9.59 Å². The second kappa shape index (κ2) is 6.92. The van der Waals surface area contributed by atoms with Gasteiger partial charge in [0.25, 0.3) is 5.91 Å². The zero-order valence-electron chi connectivity index (χ0n) is 11.6. The second-order valence-corrected chi connectivity index (χ2v) is 4.73. The molecule has 4 heteroatoms. The van der Waals surface area contributed by atoms with Gasteiger partial charge in [0.2, 0.25) is 0 Å². The summed E-state index contributed by atoms with van der Waals surface area (Å²) in [5, 5.41) is 11.7. The Morgan fingerprint density at radius 1 is 1.21 bits per heavy atom. The molecule has 0 aliphatic carbocycles. The van der Waals surface area contributed by atoms with Crippen molar-refractivity contribution in [2.24, 2.45) is 5.92 Å². The van der Waals surface area contributed by atoms with E-state index in [-0.39, 0.29) is 11.8 Å². The first-order chi connectivity index (χ1) is 8.99. The van der Waals surface area contributed by atoms with Crippen molar-refractivity contribution in [3.8, 4) is 0 Å². The Kier molecular flexibility index (Phi) is 5.55. The maximum Gasteiger partial charge on any atom is 0.326 e. The van der Waals surface area contributed by atoms with E-state index in [0.717, 1.165) is 12.0 Å². The van der Waals surface area contributed by atoms with Crippen molar-refractivity contribution in [1.82, 2.24) is 5.32 Å². The van der Waals surface area contributed by atoms with E-state index in [0.29, 0.717) is 12.0 Å². The molecule has 2 atom stereocenters. The maximum absolute atomic E-state index is 12.0. The number of carboxylic acids is 1. The SMILES string of the molecule is CCc1ccc(C(=O)N[C@H](C(=O)O)C(C)CC)cc1. The number of aliphatic carboxylic acids is 1. The van der Waals surface area contributed by atoms with Crippen LogP contribution < -0.4 is 5.32 Å². The van der Waals surface area contributed by atoms with Gasteiger partial charge in [0.05, 0.1) is 0 Å². The van der Waals surface area contributed by atoms with Crippen LogP contribution in [0.15, 0.2) is 24.3 Å². The lowest BCUT2D eigenvalue weighted by molar-refractivity contribution is -0.140. The average molecular weight is 263 g/mol. The highest BCUT2D eigenvalue weighted by Crippen LogP contribution is 2.10. The Balaban J connectivity index is 2.78. The summed E-state index contributed by atoms with van der Waals surface area (Å²) >= 11 is 0. The van der Waals surface area contributed by atoms with E-state index in [1.54, 1.807) is 12.1 Å². The first kappa shape index (κ1) is 15.2. The summed E-state index contributed by atoms with van der Waals surface area (Å²) in [5.41, 5.74) is 1.64. The molecule has 0 heterocycles. The fraction of sp³-hybridized carbons (Fsp3) is 0.467. The van der Waals surface area contributed by atoms with Crippen LogP contribution in [0.2, 0.25) is 0 Å². The van der Waals surface area contributed by atoms with Crippen molar-refractivity contribution in [2.45, 2.75) is 39.7 Å². The standard InChI is InChI=1S/C15H21NO3/c1-4-10(3)13(15(18)19)16-14(17)12-8-6-11(5-2)7-9-12/h6-10,13H,4-5H2,1-3H3,(H,16,17)(H,18,19)/t10?,13-/m0/s1. The average Bonchev–Trinajstić information content (AvgIpc) is 2.43. The van der Waals surface area contributed by atoms with E-state index in [4.69, 9.17) is 5.11 Å². The molecule has 0 bridgehead atoms. The van der Waals surface area contributed by atoms with Gasteiger partial charge >= 0.3 is 5.97 Å². The minimum absolute atomic E-state index is 0.101.